The quantitative estimate of drug-likeness (QED) is 0.831. The van der Waals surface area contributed by atoms with Gasteiger partial charge in [-0.3, -0.25) is 4.79 Å². The number of nitrogens with one attached hydrogen (secondary N) is 1. The van der Waals surface area contributed by atoms with Gasteiger partial charge in [0, 0.05) is 24.7 Å². The van der Waals surface area contributed by atoms with Crippen LogP contribution in [-0.2, 0) is 10.0 Å². The maximum atomic E-state index is 13.7. The van der Waals surface area contributed by atoms with E-state index in [4.69, 9.17) is 0 Å². The van der Waals surface area contributed by atoms with Crippen LogP contribution in [0.1, 0.15) is 29.8 Å². The molecule has 0 heterocycles. The Balaban J connectivity index is 2.39. The topological polar surface area (TPSA) is 66.5 Å². The van der Waals surface area contributed by atoms with E-state index in [1.807, 2.05) is 0 Å². The van der Waals surface area contributed by atoms with Crippen LogP contribution in [0.2, 0.25) is 0 Å². The van der Waals surface area contributed by atoms with E-state index < -0.39 is 27.6 Å². The fraction of sp³-hybridized carbons (Fsp3) is 0.278. The van der Waals surface area contributed by atoms with Gasteiger partial charge in [0.2, 0.25) is 10.0 Å². The van der Waals surface area contributed by atoms with Crippen LogP contribution in [0.25, 0.3) is 0 Å². The number of hydrogen-bond acceptors (Lipinski definition) is 3. The number of carbonyl (C=O) groups excluding carboxylic acids is 1. The molecule has 0 saturated heterocycles. The molecule has 140 valence electrons. The van der Waals surface area contributed by atoms with E-state index in [0.29, 0.717) is 24.7 Å². The molecule has 5 nitrogen and oxygen atoms in total. The Morgan fingerprint density at radius 1 is 1.08 bits per heavy atom. The van der Waals surface area contributed by atoms with Crippen molar-refractivity contribution in [2.24, 2.45) is 0 Å². The van der Waals surface area contributed by atoms with Crippen LogP contribution >= 0.6 is 0 Å². The van der Waals surface area contributed by atoms with Gasteiger partial charge in [-0.05, 0) is 36.8 Å². The third kappa shape index (κ3) is 4.08. The Kier molecular flexibility index (Phi) is 6.09. The monoisotopic (exact) mass is 382 g/mol. The highest BCUT2D eigenvalue weighted by Crippen LogP contribution is 2.22. The zero-order valence-electron chi connectivity index (χ0n) is 14.7. The molecule has 0 bridgehead atoms. The molecular weight excluding hydrogens is 362 g/mol. The van der Waals surface area contributed by atoms with Crippen molar-refractivity contribution in [1.82, 2.24) is 4.31 Å². The molecule has 1 amide bonds. The second kappa shape index (κ2) is 7.92. The van der Waals surface area contributed by atoms with Gasteiger partial charge in [-0.25, -0.2) is 17.2 Å². The summed E-state index contributed by atoms with van der Waals surface area (Å²) in [6.45, 7) is 5.69. The lowest BCUT2D eigenvalue weighted by molar-refractivity contribution is 0.102. The highest BCUT2D eigenvalue weighted by molar-refractivity contribution is 7.89. The van der Waals surface area contributed by atoms with Crippen molar-refractivity contribution >= 4 is 21.6 Å². The second-order valence-electron chi connectivity index (χ2n) is 5.64. The maximum Gasteiger partial charge on any atom is 0.256 e. The first kappa shape index (κ1) is 20.0. The number of halogens is 2. The minimum Gasteiger partial charge on any atom is -0.319 e. The van der Waals surface area contributed by atoms with E-state index in [1.165, 1.54) is 22.5 Å². The Bertz CT molecular complexity index is 926. The molecule has 2 rings (SSSR count). The molecule has 0 atom stereocenters. The third-order valence-corrected chi connectivity index (χ3v) is 6.02. The number of hydrogen-bond donors (Lipinski definition) is 1. The van der Waals surface area contributed by atoms with Crippen LogP contribution in [0.4, 0.5) is 14.5 Å². The van der Waals surface area contributed by atoms with Gasteiger partial charge in [0.05, 0.1) is 10.6 Å². The molecule has 0 spiro atoms. The largest absolute Gasteiger partial charge is 0.319 e. The molecule has 2 aromatic carbocycles. The number of anilines is 1. The van der Waals surface area contributed by atoms with Gasteiger partial charge in [0.15, 0.2) is 0 Å². The molecule has 0 aromatic heterocycles. The average Bonchev–Trinajstić information content (AvgIpc) is 2.58. The molecule has 8 heteroatoms. The Morgan fingerprint density at radius 2 is 1.73 bits per heavy atom. The molecular formula is C18H20F2N2O3S. The predicted octanol–water partition coefficient (Wildman–Crippen LogP) is 3.56. The summed E-state index contributed by atoms with van der Waals surface area (Å²) >= 11 is 0. The van der Waals surface area contributed by atoms with Gasteiger partial charge >= 0.3 is 0 Å². The lowest BCUT2D eigenvalue weighted by Crippen LogP contribution is -2.30. The van der Waals surface area contributed by atoms with Crippen molar-refractivity contribution in [3.8, 4) is 0 Å². The molecule has 26 heavy (non-hydrogen) atoms. The molecule has 0 fully saturated rings. The van der Waals surface area contributed by atoms with Gasteiger partial charge in [0.1, 0.15) is 11.6 Å². The first-order valence-corrected chi connectivity index (χ1v) is 9.51. The van der Waals surface area contributed by atoms with Crippen LogP contribution in [0.5, 0.6) is 0 Å². The fourth-order valence-corrected chi connectivity index (χ4v) is 3.98. The molecule has 0 unspecified atom stereocenters. The minimum atomic E-state index is -3.73. The molecule has 0 aliphatic carbocycles. The van der Waals surface area contributed by atoms with E-state index >= 15 is 0 Å². The maximum absolute atomic E-state index is 13.7. The van der Waals surface area contributed by atoms with Crippen LogP contribution in [-0.4, -0.2) is 31.7 Å². The smallest absolute Gasteiger partial charge is 0.256 e. The average molecular weight is 382 g/mol. The van der Waals surface area contributed by atoms with Crippen molar-refractivity contribution < 1.29 is 22.0 Å². The highest BCUT2D eigenvalue weighted by Gasteiger charge is 2.23. The van der Waals surface area contributed by atoms with Crippen LogP contribution < -0.4 is 5.32 Å². The number of carbonyl (C=O) groups is 1. The SMILES string of the molecule is CCN(CC)S(=O)(=O)c1ccc(C)c(C(=O)Nc2ccc(F)cc2F)c1. The third-order valence-electron chi connectivity index (χ3n) is 3.98. The zero-order valence-corrected chi connectivity index (χ0v) is 15.5. The second-order valence-corrected chi connectivity index (χ2v) is 7.58. The summed E-state index contributed by atoms with van der Waals surface area (Å²) in [5, 5.41) is 2.34. The normalized spacial score (nSPS) is 11.6. The van der Waals surface area contributed by atoms with Crippen molar-refractivity contribution in [3.63, 3.8) is 0 Å². The van der Waals surface area contributed by atoms with Gasteiger partial charge in [-0.2, -0.15) is 4.31 Å². The molecule has 0 aliphatic heterocycles. The number of sulfonamides is 1. The number of amides is 1. The van der Waals surface area contributed by atoms with Gasteiger partial charge in [0.25, 0.3) is 5.91 Å². The number of rotatable bonds is 6. The standard InChI is InChI=1S/C18H20F2N2O3S/c1-4-22(5-2)26(24,25)14-8-6-12(3)15(11-14)18(23)21-17-9-7-13(19)10-16(17)20/h6-11H,4-5H2,1-3H3,(H,21,23). The van der Waals surface area contributed by atoms with Crippen LogP contribution in [0.15, 0.2) is 41.3 Å². The number of benzene rings is 2. The summed E-state index contributed by atoms with van der Waals surface area (Å²) in [5.74, 6) is -2.35. The lowest BCUT2D eigenvalue weighted by atomic mass is 10.1. The first-order chi connectivity index (χ1) is 12.2. The summed E-state index contributed by atoms with van der Waals surface area (Å²) in [6, 6.07) is 7.00. The number of aryl methyl sites for hydroxylation is 1. The summed E-state index contributed by atoms with van der Waals surface area (Å²) in [5.41, 5.74) is 0.443. The highest BCUT2D eigenvalue weighted by atomic mass is 32.2. The molecule has 0 radical (unpaired) electrons. The van der Waals surface area contributed by atoms with Gasteiger partial charge in [-0.1, -0.05) is 19.9 Å². The van der Waals surface area contributed by atoms with E-state index in [2.05, 4.69) is 5.32 Å². The van der Waals surface area contributed by atoms with Gasteiger partial charge in [-0.15, -0.1) is 0 Å². The lowest BCUT2D eigenvalue weighted by Gasteiger charge is -2.19. The van der Waals surface area contributed by atoms with Crippen LogP contribution in [0.3, 0.4) is 0 Å². The van der Waals surface area contributed by atoms with E-state index in [-0.39, 0.29) is 16.1 Å². The Hall–Kier alpha value is -2.32. The van der Waals surface area contributed by atoms with Crippen molar-refractivity contribution in [2.75, 3.05) is 18.4 Å². The van der Waals surface area contributed by atoms with Crippen molar-refractivity contribution in [3.05, 3.63) is 59.2 Å². The minimum absolute atomic E-state index is 0.0171. The summed E-state index contributed by atoms with van der Waals surface area (Å²) < 4.78 is 53.2. The first-order valence-electron chi connectivity index (χ1n) is 8.07. The van der Waals surface area contributed by atoms with Crippen molar-refractivity contribution in [1.29, 1.82) is 0 Å². The summed E-state index contributed by atoms with van der Waals surface area (Å²) in [6.07, 6.45) is 0. The van der Waals surface area contributed by atoms with Crippen molar-refractivity contribution in [2.45, 2.75) is 25.7 Å². The Labute approximate surface area is 151 Å². The van der Waals surface area contributed by atoms with Gasteiger partial charge < -0.3 is 5.32 Å². The molecule has 0 saturated carbocycles. The van der Waals surface area contributed by atoms with E-state index in [1.54, 1.807) is 20.8 Å². The molecule has 0 aliphatic rings. The Morgan fingerprint density at radius 3 is 2.31 bits per heavy atom. The van der Waals surface area contributed by atoms with Crippen LogP contribution in [0, 0.1) is 18.6 Å². The fourth-order valence-electron chi connectivity index (χ4n) is 2.50. The molecule has 1 N–H and O–H groups in total. The molecule has 2 aromatic rings. The van der Waals surface area contributed by atoms with E-state index in [0.717, 1.165) is 12.1 Å². The zero-order chi connectivity index (χ0) is 19.5. The summed E-state index contributed by atoms with van der Waals surface area (Å²) in [7, 11) is -3.73. The predicted molar refractivity (Wildman–Crippen MR) is 95.6 cm³/mol. The number of nitrogens with zero attached hydrogens (tertiary/aromatic N) is 1. The van der Waals surface area contributed by atoms with E-state index in [9.17, 15) is 22.0 Å². The summed E-state index contributed by atoms with van der Waals surface area (Å²) in [4.78, 5) is 12.5.